The first-order valence-corrected chi connectivity index (χ1v) is 7.92. The summed E-state index contributed by atoms with van der Waals surface area (Å²) in [6.45, 7) is 2.81. The smallest absolute Gasteiger partial charge is 0.240 e. The van der Waals surface area contributed by atoms with Gasteiger partial charge in [0.25, 0.3) is 0 Å². The van der Waals surface area contributed by atoms with Crippen LogP contribution in [-0.2, 0) is 13.1 Å². The second kappa shape index (κ2) is 5.60. The van der Waals surface area contributed by atoms with Gasteiger partial charge in [0.05, 0.1) is 13.1 Å². The number of likely N-dealkylation sites (tertiary alicyclic amines) is 1. The van der Waals surface area contributed by atoms with Gasteiger partial charge in [0, 0.05) is 24.4 Å². The molecule has 0 spiro atoms. The molecule has 2 aliphatic rings. The molecule has 1 saturated heterocycles. The van der Waals surface area contributed by atoms with Gasteiger partial charge in [-0.2, -0.15) is 10.1 Å². The van der Waals surface area contributed by atoms with Crippen molar-refractivity contribution in [2.24, 2.45) is 0 Å². The predicted octanol–water partition coefficient (Wildman–Crippen LogP) is 2.20. The van der Waals surface area contributed by atoms with E-state index in [2.05, 4.69) is 20.1 Å². The topological polar surface area (TPSA) is 60.0 Å². The zero-order chi connectivity index (χ0) is 14.1. The Morgan fingerprint density at radius 1 is 1.24 bits per heavy atom. The second-order valence-corrected chi connectivity index (χ2v) is 6.17. The van der Waals surface area contributed by atoms with Crippen molar-refractivity contribution >= 4 is 0 Å². The van der Waals surface area contributed by atoms with Crippen LogP contribution in [0, 0.1) is 0 Å². The molecule has 0 N–H and O–H groups in total. The lowest BCUT2D eigenvalue weighted by atomic mass is 10.0. The Bertz CT molecular complexity index is 575. The molecule has 0 unspecified atom stereocenters. The number of rotatable bonds is 5. The summed E-state index contributed by atoms with van der Waals surface area (Å²) in [6.07, 6.45) is 10.1. The lowest BCUT2D eigenvalue weighted by Crippen LogP contribution is -2.41. The zero-order valence-electron chi connectivity index (χ0n) is 12.2. The van der Waals surface area contributed by atoms with Gasteiger partial charge < -0.3 is 4.52 Å². The molecule has 6 heteroatoms. The first-order valence-electron chi connectivity index (χ1n) is 7.92. The van der Waals surface area contributed by atoms with E-state index in [1.807, 2.05) is 23.1 Å². The number of hydrogen-bond donors (Lipinski definition) is 0. The van der Waals surface area contributed by atoms with E-state index in [1.165, 1.54) is 32.1 Å². The van der Waals surface area contributed by atoms with Crippen molar-refractivity contribution in [2.45, 2.75) is 57.2 Å². The van der Waals surface area contributed by atoms with Gasteiger partial charge in [0.1, 0.15) is 0 Å². The van der Waals surface area contributed by atoms with Crippen LogP contribution in [0.5, 0.6) is 0 Å². The maximum atomic E-state index is 5.43. The van der Waals surface area contributed by atoms with Crippen molar-refractivity contribution in [2.75, 3.05) is 6.54 Å². The average molecular weight is 287 g/mol. The minimum atomic E-state index is 0.509. The molecule has 1 saturated carbocycles. The summed E-state index contributed by atoms with van der Waals surface area (Å²) in [5, 5.41) is 8.44. The van der Waals surface area contributed by atoms with Gasteiger partial charge in [-0.25, -0.2) is 0 Å². The van der Waals surface area contributed by atoms with Crippen molar-refractivity contribution in [3.63, 3.8) is 0 Å². The van der Waals surface area contributed by atoms with Gasteiger partial charge in [0.2, 0.25) is 5.89 Å². The van der Waals surface area contributed by atoms with Crippen LogP contribution in [0.3, 0.4) is 0 Å². The van der Waals surface area contributed by atoms with E-state index in [4.69, 9.17) is 4.52 Å². The van der Waals surface area contributed by atoms with Crippen LogP contribution in [0.1, 0.15) is 49.7 Å². The Hall–Kier alpha value is -1.69. The molecule has 0 aromatic carbocycles. The van der Waals surface area contributed by atoms with Gasteiger partial charge in [0.15, 0.2) is 5.82 Å². The monoisotopic (exact) mass is 287 g/mol. The highest BCUT2D eigenvalue weighted by molar-refractivity contribution is 5.03. The highest BCUT2D eigenvalue weighted by Crippen LogP contribution is 2.38. The van der Waals surface area contributed by atoms with E-state index in [-0.39, 0.29) is 0 Å². The Labute approximate surface area is 124 Å². The molecule has 2 aromatic rings. The van der Waals surface area contributed by atoms with Crippen LogP contribution in [0.15, 0.2) is 23.0 Å². The molecule has 0 bridgehead atoms. The second-order valence-electron chi connectivity index (χ2n) is 6.17. The predicted molar refractivity (Wildman–Crippen MR) is 76.5 cm³/mol. The molecular weight excluding hydrogens is 266 g/mol. The molecule has 1 aliphatic carbocycles. The molecule has 2 fully saturated rings. The van der Waals surface area contributed by atoms with Crippen LogP contribution in [0.4, 0.5) is 0 Å². The Kier molecular flexibility index (Phi) is 3.47. The molecule has 6 nitrogen and oxygen atoms in total. The third kappa shape index (κ3) is 3.00. The lowest BCUT2D eigenvalue weighted by molar-refractivity contribution is 0.108. The lowest BCUT2D eigenvalue weighted by Gasteiger charge is -2.34. The Morgan fingerprint density at radius 2 is 2.19 bits per heavy atom. The van der Waals surface area contributed by atoms with Crippen LogP contribution in [0.25, 0.3) is 0 Å². The molecule has 1 atom stereocenters. The van der Waals surface area contributed by atoms with Crippen molar-refractivity contribution in [3.05, 3.63) is 30.2 Å². The third-order valence-corrected chi connectivity index (χ3v) is 4.47. The molecule has 112 valence electrons. The number of nitrogens with zero attached hydrogens (tertiary/aromatic N) is 5. The van der Waals surface area contributed by atoms with Gasteiger partial charge in [-0.1, -0.05) is 11.6 Å². The molecule has 3 heterocycles. The first-order chi connectivity index (χ1) is 10.4. The van der Waals surface area contributed by atoms with E-state index in [0.29, 0.717) is 12.0 Å². The van der Waals surface area contributed by atoms with Gasteiger partial charge in [-0.3, -0.25) is 9.58 Å². The van der Waals surface area contributed by atoms with Crippen molar-refractivity contribution in [3.8, 4) is 0 Å². The maximum Gasteiger partial charge on any atom is 0.240 e. The van der Waals surface area contributed by atoms with E-state index >= 15 is 0 Å². The fourth-order valence-corrected chi connectivity index (χ4v) is 3.11. The normalized spacial score (nSPS) is 23.5. The number of piperidine rings is 1. The summed E-state index contributed by atoms with van der Waals surface area (Å²) < 4.78 is 7.45. The van der Waals surface area contributed by atoms with E-state index in [9.17, 15) is 0 Å². The highest BCUT2D eigenvalue weighted by atomic mass is 16.5. The summed E-state index contributed by atoms with van der Waals surface area (Å²) in [5.41, 5.74) is 0. The van der Waals surface area contributed by atoms with Crippen molar-refractivity contribution in [1.82, 2.24) is 24.8 Å². The highest BCUT2D eigenvalue weighted by Gasteiger charge is 2.30. The van der Waals surface area contributed by atoms with Crippen molar-refractivity contribution in [1.29, 1.82) is 0 Å². The molecular formula is C15H21N5O. The molecule has 0 amide bonds. The summed E-state index contributed by atoms with van der Waals surface area (Å²) in [4.78, 5) is 7.02. The Morgan fingerprint density at radius 3 is 3.00 bits per heavy atom. The minimum absolute atomic E-state index is 0.509. The fraction of sp³-hybridized carbons (Fsp3) is 0.667. The van der Waals surface area contributed by atoms with E-state index < -0.39 is 0 Å². The Balaban J connectivity index is 1.42. The van der Waals surface area contributed by atoms with Crippen LogP contribution in [0.2, 0.25) is 0 Å². The standard InChI is InChI=1S/C15H21N5O/c1-2-8-19(13(4-1)10-20-9-3-7-16-20)11-14-17-15(18-21-14)12-5-6-12/h3,7,9,12-13H,1-2,4-6,8,10-11H2/t13-/m1/s1. The zero-order valence-corrected chi connectivity index (χ0v) is 12.2. The molecule has 2 aromatic heterocycles. The van der Waals surface area contributed by atoms with E-state index in [0.717, 1.165) is 31.3 Å². The molecule has 21 heavy (non-hydrogen) atoms. The summed E-state index contributed by atoms with van der Waals surface area (Å²) >= 11 is 0. The van der Waals surface area contributed by atoms with Crippen LogP contribution in [-0.4, -0.2) is 37.4 Å². The minimum Gasteiger partial charge on any atom is -0.338 e. The van der Waals surface area contributed by atoms with Crippen LogP contribution >= 0.6 is 0 Å². The van der Waals surface area contributed by atoms with Crippen molar-refractivity contribution < 1.29 is 4.52 Å². The van der Waals surface area contributed by atoms with Gasteiger partial charge >= 0.3 is 0 Å². The number of hydrogen-bond acceptors (Lipinski definition) is 5. The average Bonchev–Trinajstić information content (AvgIpc) is 3.03. The fourth-order valence-electron chi connectivity index (χ4n) is 3.11. The van der Waals surface area contributed by atoms with Crippen LogP contribution < -0.4 is 0 Å². The number of aromatic nitrogens is 4. The molecule has 0 radical (unpaired) electrons. The summed E-state index contributed by atoms with van der Waals surface area (Å²) in [5.74, 6) is 2.23. The first kappa shape index (κ1) is 13.0. The molecule has 4 rings (SSSR count). The maximum absolute atomic E-state index is 5.43. The van der Waals surface area contributed by atoms with Gasteiger partial charge in [-0.05, 0) is 38.3 Å². The SMILES string of the molecule is c1cnn(C[C@H]2CCCCN2Cc2nc(C3CC3)no2)c1. The summed E-state index contributed by atoms with van der Waals surface area (Å²) in [6, 6.07) is 2.49. The van der Waals surface area contributed by atoms with Gasteiger partial charge in [-0.15, -0.1) is 0 Å². The quantitative estimate of drug-likeness (QED) is 0.843. The molecule has 1 aliphatic heterocycles. The van der Waals surface area contributed by atoms with E-state index in [1.54, 1.807) is 0 Å². The third-order valence-electron chi connectivity index (χ3n) is 4.47. The largest absolute Gasteiger partial charge is 0.338 e. The summed E-state index contributed by atoms with van der Waals surface area (Å²) in [7, 11) is 0.